The topological polar surface area (TPSA) is 96.5 Å². The molecule has 3 aromatic carbocycles. The Bertz CT molecular complexity index is 1100. The van der Waals surface area contributed by atoms with Gasteiger partial charge >= 0.3 is 0 Å². The van der Waals surface area contributed by atoms with Crippen molar-refractivity contribution in [3.8, 4) is 11.5 Å². The number of anilines is 3. The van der Waals surface area contributed by atoms with Gasteiger partial charge in [0, 0.05) is 36.5 Å². The minimum absolute atomic E-state index is 0.270. The number of amides is 3. The number of hydrogen-bond donors (Lipinski definition) is 3. The summed E-state index contributed by atoms with van der Waals surface area (Å²) in [4.78, 5) is 35.5. The van der Waals surface area contributed by atoms with Gasteiger partial charge < -0.3 is 20.7 Å². The lowest BCUT2D eigenvalue weighted by molar-refractivity contribution is -0.115. The second-order valence-electron chi connectivity index (χ2n) is 6.67. The number of nitrogens with one attached hydrogen (secondary N) is 3. The van der Waals surface area contributed by atoms with Crippen LogP contribution in [-0.4, -0.2) is 17.7 Å². The Morgan fingerprint density at radius 2 is 1.32 bits per heavy atom. The minimum atomic E-state index is -0.404. The molecule has 0 saturated heterocycles. The van der Waals surface area contributed by atoms with E-state index in [1.165, 1.54) is 26.0 Å². The molecule has 3 rings (SSSR count). The quantitative estimate of drug-likeness (QED) is 0.487. The van der Waals surface area contributed by atoms with Crippen molar-refractivity contribution in [3.63, 3.8) is 0 Å². The van der Waals surface area contributed by atoms with Gasteiger partial charge in [-0.2, -0.15) is 0 Å². The first-order valence-electron chi connectivity index (χ1n) is 9.34. The Labute approximate surface area is 184 Å². The van der Waals surface area contributed by atoms with Crippen LogP contribution in [0.3, 0.4) is 0 Å². The first-order chi connectivity index (χ1) is 14.8. The highest BCUT2D eigenvalue weighted by molar-refractivity contribution is 6.32. The van der Waals surface area contributed by atoms with Crippen LogP contribution in [0.2, 0.25) is 5.02 Å². The smallest absolute Gasteiger partial charge is 0.255 e. The number of hydrogen-bond acceptors (Lipinski definition) is 4. The van der Waals surface area contributed by atoms with E-state index in [9.17, 15) is 14.4 Å². The molecule has 0 radical (unpaired) electrons. The number of para-hydroxylation sites is 1. The fourth-order valence-corrected chi connectivity index (χ4v) is 2.95. The number of rotatable bonds is 6. The van der Waals surface area contributed by atoms with Gasteiger partial charge in [0.1, 0.15) is 11.5 Å². The molecule has 8 heteroatoms. The fraction of sp³-hybridized carbons (Fsp3) is 0.0870. The molecule has 0 aromatic heterocycles. The third-order valence-electron chi connectivity index (χ3n) is 4.01. The van der Waals surface area contributed by atoms with Crippen molar-refractivity contribution >= 4 is 46.4 Å². The minimum Gasteiger partial charge on any atom is -0.456 e. The van der Waals surface area contributed by atoms with Gasteiger partial charge in [0.25, 0.3) is 5.91 Å². The van der Waals surface area contributed by atoms with Gasteiger partial charge in [-0.3, -0.25) is 14.4 Å². The van der Waals surface area contributed by atoms with E-state index < -0.39 is 5.91 Å². The Balaban J connectivity index is 1.75. The van der Waals surface area contributed by atoms with Crippen LogP contribution in [0.5, 0.6) is 11.5 Å². The predicted molar refractivity (Wildman–Crippen MR) is 121 cm³/mol. The van der Waals surface area contributed by atoms with Crippen LogP contribution in [0.4, 0.5) is 17.1 Å². The third kappa shape index (κ3) is 6.32. The maximum absolute atomic E-state index is 12.7. The van der Waals surface area contributed by atoms with Crippen molar-refractivity contribution in [2.24, 2.45) is 0 Å². The van der Waals surface area contributed by atoms with E-state index in [1.807, 2.05) is 12.1 Å². The molecular weight excluding hydrogens is 418 g/mol. The summed E-state index contributed by atoms with van der Waals surface area (Å²) in [5.74, 6) is 0.104. The molecule has 3 aromatic rings. The number of ether oxygens (including phenoxy) is 1. The first-order valence-corrected chi connectivity index (χ1v) is 9.72. The highest BCUT2D eigenvalue weighted by Gasteiger charge is 2.11. The van der Waals surface area contributed by atoms with E-state index >= 15 is 0 Å². The number of carbonyl (C=O) groups is 3. The van der Waals surface area contributed by atoms with Gasteiger partial charge in [-0.05, 0) is 54.6 Å². The van der Waals surface area contributed by atoms with Crippen LogP contribution in [0.1, 0.15) is 24.2 Å². The normalized spacial score (nSPS) is 10.2. The average Bonchev–Trinajstić information content (AvgIpc) is 2.70. The SMILES string of the molecule is CC(=O)Nc1cc(NC(C)=O)cc(C(=O)Nc2ccc(Oc3ccccc3Cl)cc2)c1. The molecular formula is C23H20ClN3O4. The van der Waals surface area contributed by atoms with Crippen molar-refractivity contribution in [2.75, 3.05) is 16.0 Å². The lowest BCUT2D eigenvalue weighted by atomic mass is 10.1. The van der Waals surface area contributed by atoms with E-state index in [4.69, 9.17) is 16.3 Å². The standard InChI is InChI=1S/C23H20ClN3O4/c1-14(28)25-18-11-16(12-19(13-18)26-15(2)29)23(30)27-17-7-9-20(10-8-17)31-22-6-4-3-5-21(22)24/h3-13H,1-2H3,(H,25,28)(H,26,29)(H,27,30). The predicted octanol–water partition coefficient (Wildman–Crippen LogP) is 5.30. The molecule has 3 N–H and O–H groups in total. The summed E-state index contributed by atoms with van der Waals surface area (Å²) in [5, 5.41) is 8.50. The molecule has 0 aliphatic heterocycles. The Morgan fingerprint density at radius 3 is 1.87 bits per heavy atom. The number of carbonyl (C=O) groups excluding carboxylic acids is 3. The monoisotopic (exact) mass is 437 g/mol. The van der Waals surface area contributed by atoms with Crippen LogP contribution >= 0.6 is 11.6 Å². The van der Waals surface area contributed by atoms with Crippen LogP contribution in [-0.2, 0) is 9.59 Å². The lowest BCUT2D eigenvalue weighted by Gasteiger charge is -2.12. The summed E-state index contributed by atoms with van der Waals surface area (Å²) < 4.78 is 5.73. The van der Waals surface area contributed by atoms with Crippen molar-refractivity contribution in [1.29, 1.82) is 0 Å². The molecule has 0 heterocycles. The first kappa shape index (κ1) is 21.9. The zero-order valence-electron chi connectivity index (χ0n) is 16.9. The van der Waals surface area contributed by atoms with Crippen LogP contribution < -0.4 is 20.7 Å². The highest BCUT2D eigenvalue weighted by Crippen LogP contribution is 2.29. The molecule has 0 spiro atoms. The molecule has 0 aliphatic rings. The summed E-state index contributed by atoms with van der Waals surface area (Å²) in [6.45, 7) is 2.72. The highest BCUT2D eigenvalue weighted by atomic mass is 35.5. The van der Waals surface area contributed by atoms with E-state index in [2.05, 4.69) is 16.0 Å². The van der Waals surface area contributed by atoms with E-state index in [1.54, 1.807) is 42.5 Å². The van der Waals surface area contributed by atoms with Gasteiger partial charge in [0.05, 0.1) is 5.02 Å². The Morgan fingerprint density at radius 1 is 0.742 bits per heavy atom. The Kier molecular flexibility index (Phi) is 6.89. The van der Waals surface area contributed by atoms with E-state index in [-0.39, 0.29) is 17.4 Å². The molecule has 0 saturated carbocycles. The van der Waals surface area contributed by atoms with Crippen LogP contribution in [0.25, 0.3) is 0 Å². The molecule has 158 valence electrons. The molecule has 0 atom stereocenters. The van der Waals surface area contributed by atoms with Crippen molar-refractivity contribution < 1.29 is 19.1 Å². The molecule has 0 aliphatic carbocycles. The number of benzene rings is 3. The zero-order valence-corrected chi connectivity index (χ0v) is 17.6. The van der Waals surface area contributed by atoms with Gasteiger partial charge in [0.15, 0.2) is 0 Å². The van der Waals surface area contributed by atoms with E-state index in [0.29, 0.717) is 33.6 Å². The summed E-state index contributed by atoms with van der Waals surface area (Å²) in [6, 6.07) is 18.5. The van der Waals surface area contributed by atoms with E-state index in [0.717, 1.165) is 0 Å². The van der Waals surface area contributed by atoms with Gasteiger partial charge in [-0.25, -0.2) is 0 Å². The maximum Gasteiger partial charge on any atom is 0.255 e. The lowest BCUT2D eigenvalue weighted by Crippen LogP contribution is -2.15. The summed E-state index contributed by atoms with van der Waals surface area (Å²) >= 11 is 6.10. The summed E-state index contributed by atoms with van der Waals surface area (Å²) in [5.41, 5.74) is 1.61. The van der Waals surface area contributed by atoms with Gasteiger partial charge in [-0.1, -0.05) is 23.7 Å². The number of halogens is 1. The van der Waals surface area contributed by atoms with Crippen molar-refractivity contribution in [3.05, 3.63) is 77.3 Å². The molecule has 0 unspecified atom stereocenters. The summed E-state index contributed by atoms with van der Waals surface area (Å²) in [7, 11) is 0. The van der Waals surface area contributed by atoms with Gasteiger partial charge in [0.2, 0.25) is 11.8 Å². The average molecular weight is 438 g/mol. The summed E-state index contributed by atoms with van der Waals surface area (Å²) in [6.07, 6.45) is 0. The second-order valence-corrected chi connectivity index (χ2v) is 7.08. The molecule has 7 nitrogen and oxygen atoms in total. The molecule has 0 fully saturated rings. The largest absolute Gasteiger partial charge is 0.456 e. The molecule has 0 bridgehead atoms. The van der Waals surface area contributed by atoms with Crippen LogP contribution in [0.15, 0.2) is 66.7 Å². The maximum atomic E-state index is 12.7. The second kappa shape index (κ2) is 9.77. The fourth-order valence-electron chi connectivity index (χ4n) is 2.77. The Hall–Kier alpha value is -3.84. The van der Waals surface area contributed by atoms with Crippen LogP contribution in [0, 0.1) is 0 Å². The van der Waals surface area contributed by atoms with Crippen molar-refractivity contribution in [2.45, 2.75) is 13.8 Å². The van der Waals surface area contributed by atoms with Crippen molar-refractivity contribution in [1.82, 2.24) is 0 Å². The molecule has 31 heavy (non-hydrogen) atoms. The third-order valence-corrected chi connectivity index (χ3v) is 4.32. The zero-order chi connectivity index (χ0) is 22.4. The molecule has 3 amide bonds. The van der Waals surface area contributed by atoms with Gasteiger partial charge in [-0.15, -0.1) is 0 Å².